The van der Waals surface area contributed by atoms with Gasteiger partial charge in [0.1, 0.15) is 5.82 Å². The first-order chi connectivity index (χ1) is 7.65. The van der Waals surface area contributed by atoms with Crippen LogP contribution >= 0.6 is 11.6 Å². The van der Waals surface area contributed by atoms with E-state index >= 15 is 0 Å². The molecule has 1 heterocycles. The third-order valence-corrected chi connectivity index (χ3v) is 3.16. The van der Waals surface area contributed by atoms with E-state index in [0.717, 1.165) is 6.42 Å². The summed E-state index contributed by atoms with van der Waals surface area (Å²) in [5, 5.41) is 0.413. The van der Waals surface area contributed by atoms with E-state index in [0.29, 0.717) is 16.7 Å². The lowest BCUT2D eigenvalue weighted by Crippen LogP contribution is -2.23. The Hall–Kier alpha value is -1.35. The maximum atomic E-state index is 12.0. The van der Waals surface area contributed by atoms with Crippen LogP contribution in [-0.2, 0) is 7.05 Å². The SMILES string of the molecule is CCC(Cl)c1nc2ccccc2c(=O)n1C. The molecule has 0 aliphatic carbocycles. The number of hydrogen-bond acceptors (Lipinski definition) is 2. The molecule has 0 aliphatic rings. The summed E-state index contributed by atoms with van der Waals surface area (Å²) < 4.78 is 1.53. The van der Waals surface area contributed by atoms with Crippen LogP contribution in [0.5, 0.6) is 0 Å². The van der Waals surface area contributed by atoms with Gasteiger partial charge in [-0.2, -0.15) is 0 Å². The molecule has 0 fully saturated rings. The minimum absolute atomic E-state index is 0.0419. The minimum Gasteiger partial charge on any atom is -0.298 e. The molecule has 4 heteroatoms. The van der Waals surface area contributed by atoms with Crippen LogP contribution in [0, 0.1) is 0 Å². The zero-order valence-electron chi connectivity index (χ0n) is 9.27. The van der Waals surface area contributed by atoms with E-state index in [4.69, 9.17) is 11.6 Å². The van der Waals surface area contributed by atoms with Crippen LogP contribution in [0.2, 0.25) is 0 Å². The Morgan fingerprint density at radius 2 is 2.12 bits per heavy atom. The van der Waals surface area contributed by atoms with Crippen molar-refractivity contribution in [2.45, 2.75) is 18.7 Å². The lowest BCUT2D eigenvalue weighted by atomic mass is 10.2. The number of nitrogens with zero attached hydrogens (tertiary/aromatic N) is 2. The highest BCUT2D eigenvalue weighted by molar-refractivity contribution is 6.20. The number of para-hydroxylation sites is 1. The summed E-state index contributed by atoms with van der Waals surface area (Å²) in [4.78, 5) is 16.5. The number of hydrogen-bond donors (Lipinski definition) is 0. The minimum atomic E-state index is -0.220. The van der Waals surface area contributed by atoms with Gasteiger partial charge in [-0.3, -0.25) is 9.36 Å². The average molecular weight is 237 g/mol. The molecule has 3 nitrogen and oxygen atoms in total. The smallest absolute Gasteiger partial charge is 0.261 e. The largest absolute Gasteiger partial charge is 0.298 e. The summed E-state index contributed by atoms with van der Waals surface area (Å²) in [6.45, 7) is 1.97. The fraction of sp³-hybridized carbons (Fsp3) is 0.333. The molecule has 1 aromatic heterocycles. The van der Waals surface area contributed by atoms with Gasteiger partial charge in [-0.05, 0) is 18.6 Å². The molecule has 0 amide bonds. The first kappa shape index (κ1) is 11.1. The van der Waals surface area contributed by atoms with Gasteiger partial charge < -0.3 is 0 Å². The Morgan fingerprint density at radius 3 is 2.81 bits per heavy atom. The standard InChI is InChI=1S/C12H13ClN2O/c1-3-9(13)11-14-10-7-5-4-6-8(10)12(16)15(11)2/h4-7,9H,3H2,1-2H3. The number of rotatable bonds is 2. The van der Waals surface area contributed by atoms with Gasteiger partial charge in [0.15, 0.2) is 0 Å². The molecule has 0 saturated heterocycles. The van der Waals surface area contributed by atoms with Crippen LogP contribution in [0.3, 0.4) is 0 Å². The molecular weight excluding hydrogens is 224 g/mol. The monoisotopic (exact) mass is 236 g/mol. The van der Waals surface area contributed by atoms with Gasteiger partial charge >= 0.3 is 0 Å². The lowest BCUT2D eigenvalue weighted by molar-refractivity contribution is 0.700. The zero-order valence-corrected chi connectivity index (χ0v) is 10.0. The van der Waals surface area contributed by atoms with Crippen molar-refractivity contribution in [2.24, 2.45) is 7.05 Å². The summed E-state index contributed by atoms with van der Waals surface area (Å²) in [5.41, 5.74) is 0.666. The van der Waals surface area contributed by atoms with Crippen LogP contribution < -0.4 is 5.56 Å². The molecule has 0 spiro atoms. The highest BCUT2D eigenvalue weighted by Crippen LogP contribution is 2.21. The molecule has 0 N–H and O–H groups in total. The van der Waals surface area contributed by atoms with Crippen LogP contribution in [0.1, 0.15) is 24.5 Å². The van der Waals surface area contributed by atoms with Crippen LogP contribution in [-0.4, -0.2) is 9.55 Å². The maximum Gasteiger partial charge on any atom is 0.261 e. The number of halogens is 1. The van der Waals surface area contributed by atoms with Crippen molar-refractivity contribution in [1.82, 2.24) is 9.55 Å². The predicted octanol–water partition coefficient (Wildman–Crippen LogP) is 2.62. The summed E-state index contributed by atoms with van der Waals surface area (Å²) in [7, 11) is 1.71. The van der Waals surface area contributed by atoms with Crippen LogP contribution in [0.25, 0.3) is 10.9 Å². The van der Waals surface area contributed by atoms with Crippen molar-refractivity contribution < 1.29 is 0 Å². The fourth-order valence-electron chi connectivity index (χ4n) is 1.70. The average Bonchev–Trinajstić information content (AvgIpc) is 2.33. The normalized spacial score (nSPS) is 12.9. The Labute approximate surface area is 98.7 Å². The molecule has 16 heavy (non-hydrogen) atoms. The number of aromatic nitrogens is 2. The van der Waals surface area contributed by atoms with Gasteiger partial charge in [0, 0.05) is 7.05 Å². The van der Waals surface area contributed by atoms with Crippen molar-refractivity contribution >= 4 is 22.5 Å². The third kappa shape index (κ3) is 1.71. The third-order valence-electron chi connectivity index (χ3n) is 2.66. The Kier molecular flexibility index (Phi) is 2.97. The van der Waals surface area contributed by atoms with E-state index in [1.807, 2.05) is 25.1 Å². The van der Waals surface area contributed by atoms with Gasteiger partial charge in [0.05, 0.1) is 16.3 Å². The van der Waals surface area contributed by atoms with Gasteiger partial charge in [-0.1, -0.05) is 19.1 Å². The maximum absolute atomic E-state index is 12.0. The van der Waals surface area contributed by atoms with E-state index in [1.165, 1.54) is 4.57 Å². The van der Waals surface area contributed by atoms with Crippen LogP contribution in [0.15, 0.2) is 29.1 Å². The van der Waals surface area contributed by atoms with Gasteiger partial charge in [0.25, 0.3) is 5.56 Å². The van der Waals surface area contributed by atoms with Gasteiger partial charge in [0.2, 0.25) is 0 Å². The molecule has 1 atom stereocenters. The second-order valence-electron chi connectivity index (χ2n) is 3.73. The summed E-state index contributed by atoms with van der Waals surface area (Å²) >= 11 is 6.15. The highest BCUT2D eigenvalue weighted by Gasteiger charge is 2.13. The first-order valence-electron chi connectivity index (χ1n) is 5.25. The summed E-state index contributed by atoms with van der Waals surface area (Å²) in [6, 6.07) is 7.32. The molecule has 0 aliphatic heterocycles. The van der Waals surface area contributed by atoms with E-state index < -0.39 is 0 Å². The van der Waals surface area contributed by atoms with E-state index in [9.17, 15) is 4.79 Å². The second kappa shape index (κ2) is 4.26. The molecular formula is C12H13ClN2O. The van der Waals surface area contributed by atoms with Crippen molar-refractivity contribution in [3.05, 3.63) is 40.4 Å². The van der Waals surface area contributed by atoms with Crippen molar-refractivity contribution in [3.63, 3.8) is 0 Å². The molecule has 2 rings (SSSR count). The molecule has 84 valence electrons. The summed E-state index contributed by atoms with van der Waals surface area (Å²) in [5.74, 6) is 0.632. The molecule has 1 unspecified atom stereocenters. The molecule has 0 bridgehead atoms. The second-order valence-corrected chi connectivity index (χ2v) is 4.25. The Balaban J connectivity index is 2.79. The summed E-state index contributed by atoms with van der Waals surface area (Å²) in [6.07, 6.45) is 0.750. The van der Waals surface area contributed by atoms with Gasteiger partial charge in [-0.25, -0.2) is 4.98 Å². The molecule has 0 saturated carbocycles. The predicted molar refractivity (Wildman–Crippen MR) is 65.9 cm³/mol. The van der Waals surface area contributed by atoms with E-state index in [2.05, 4.69) is 4.98 Å². The van der Waals surface area contributed by atoms with Crippen molar-refractivity contribution in [1.29, 1.82) is 0 Å². The number of alkyl halides is 1. The van der Waals surface area contributed by atoms with E-state index in [-0.39, 0.29) is 10.9 Å². The Bertz CT molecular complexity index is 577. The Morgan fingerprint density at radius 1 is 1.44 bits per heavy atom. The highest BCUT2D eigenvalue weighted by atomic mass is 35.5. The van der Waals surface area contributed by atoms with Crippen molar-refractivity contribution in [2.75, 3.05) is 0 Å². The fourth-order valence-corrected chi connectivity index (χ4v) is 1.89. The topological polar surface area (TPSA) is 34.9 Å². The molecule has 1 aromatic carbocycles. The number of fused-ring (bicyclic) bond motifs is 1. The first-order valence-corrected chi connectivity index (χ1v) is 5.68. The zero-order chi connectivity index (χ0) is 11.7. The molecule has 0 radical (unpaired) electrons. The van der Waals surface area contributed by atoms with Crippen molar-refractivity contribution in [3.8, 4) is 0 Å². The molecule has 2 aromatic rings. The van der Waals surface area contributed by atoms with Crippen LogP contribution in [0.4, 0.5) is 0 Å². The quantitative estimate of drug-likeness (QED) is 0.752. The van der Waals surface area contributed by atoms with Gasteiger partial charge in [-0.15, -0.1) is 11.6 Å². The van der Waals surface area contributed by atoms with E-state index in [1.54, 1.807) is 13.1 Å². The lowest BCUT2D eigenvalue weighted by Gasteiger charge is -2.12. The number of benzene rings is 1.